The van der Waals surface area contributed by atoms with Crippen molar-refractivity contribution in [3.05, 3.63) is 53.6 Å². The fourth-order valence-corrected chi connectivity index (χ4v) is 4.64. The van der Waals surface area contributed by atoms with Gasteiger partial charge in [-0.3, -0.25) is 0 Å². The van der Waals surface area contributed by atoms with Crippen molar-refractivity contribution >= 4 is 32.8 Å². The average Bonchev–Trinajstić information content (AvgIpc) is 2.56. The minimum absolute atomic E-state index is 0.0409. The molecule has 180 valence electrons. The molecule has 0 aromatic heterocycles. The third kappa shape index (κ3) is 8.41. The summed E-state index contributed by atoms with van der Waals surface area (Å²) in [7, 11) is -8.30. The van der Waals surface area contributed by atoms with E-state index in [9.17, 15) is 39.5 Å². The van der Waals surface area contributed by atoms with Crippen molar-refractivity contribution in [1.29, 1.82) is 0 Å². The van der Waals surface area contributed by atoms with E-state index in [0.717, 1.165) is 12.1 Å². The lowest BCUT2D eigenvalue weighted by Crippen LogP contribution is -2.25. The molecule has 1 unspecified atom stereocenters. The third-order valence-electron chi connectivity index (χ3n) is 3.44. The summed E-state index contributed by atoms with van der Waals surface area (Å²) in [5.41, 5.74) is -14.0. The maximum atomic E-state index is 13.6. The van der Waals surface area contributed by atoms with Crippen LogP contribution in [0.4, 0.5) is 39.5 Å². The van der Waals surface area contributed by atoms with Gasteiger partial charge in [-0.15, -0.1) is 13.2 Å². The van der Waals surface area contributed by atoms with Crippen LogP contribution in [0.5, 0.6) is 0 Å². The Bertz CT molecular complexity index is 1030. The van der Waals surface area contributed by atoms with E-state index in [0.29, 0.717) is 5.56 Å². The van der Waals surface area contributed by atoms with Crippen LogP contribution in [0.3, 0.4) is 0 Å². The zero-order valence-electron chi connectivity index (χ0n) is 15.9. The Hall–Kier alpha value is -1.58. The zero-order valence-corrected chi connectivity index (χ0v) is 18.3. The van der Waals surface area contributed by atoms with Crippen molar-refractivity contribution in [3.8, 4) is 0 Å². The second-order valence-corrected chi connectivity index (χ2v) is 10.4. The number of benzene rings is 2. The van der Waals surface area contributed by atoms with Crippen LogP contribution >= 0.6 is 11.8 Å². The van der Waals surface area contributed by atoms with Crippen molar-refractivity contribution < 1.29 is 52.5 Å². The summed E-state index contributed by atoms with van der Waals surface area (Å²) in [5, 5.41) is 0. The fourth-order valence-electron chi connectivity index (χ4n) is 2.16. The highest BCUT2D eigenvalue weighted by Crippen LogP contribution is 2.43. The Balaban J connectivity index is 0.000000547. The molecule has 2 aromatic rings. The van der Waals surface area contributed by atoms with Crippen molar-refractivity contribution in [2.45, 2.75) is 45.1 Å². The summed E-state index contributed by atoms with van der Waals surface area (Å²) in [6.45, 7) is 2.97. The van der Waals surface area contributed by atoms with Crippen LogP contribution in [-0.4, -0.2) is 29.5 Å². The van der Waals surface area contributed by atoms with E-state index >= 15 is 0 Å². The summed E-state index contributed by atoms with van der Waals surface area (Å²) in [6, 6.07) is 9.58. The Morgan fingerprint density at radius 2 is 1.34 bits per heavy atom. The smallest absolute Gasteiger partial charge is 0.586 e. The summed E-state index contributed by atoms with van der Waals surface area (Å²) in [4.78, 5) is -0.0109. The molecule has 3 nitrogen and oxygen atoms in total. The second kappa shape index (κ2) is 10.1. The van der Waals surface area contributed by atoms with Gasteiger partial charge in [0.25, 0.3) is 0 Å². The van der Waals surface area contributed by atoms with Crippen LogP contribution in [0, 0.1) is 13.8 Å². The van der Waals surface area contributed by atoms with Crippen LogP contribution in [0.25, 0.3) is 0 Å². The van der Waals surface area contributed by atoms with Crippen molar-refractivity contribution in [2.24, 2.45) is 0 Å². The Labute approximate surface area is 184 Å². The van der Waals surface area contributed by atoms with E-state index in [2.05, 4.69) is 0 Å². The molecule has 0 aliphatic rings. The molecule has 0 N–H and O–H groups in total. The first-order valence-corrected chi connectivity index (χ1v) is 11.4. The highest BCUT2D eigenvalue weighted by molar-refractivity contribution is 8.00. The average molecular weight is 532 g/mol. The minimum Gasteiger partial charge on any atom is -0.741 e. The van der Waals surface area contributed by atoms with Gasteiger partial charge in [-0.1, -0.05) is 18.2 Å². The second-order valence-electron chi connectivity index (χ2n) is 5.89. The van der Waals surface area contributed by atoms with Gasteiger partial charge in [-0.05, 0) is 55.4 Å². The molecule has 2 rings (SSSR count). The minimum atomic E-state index is -6.09. The first kappa shape index (κ1) is 28.5. The monoisotopic (exact) mass is 532 g/mol. The molecular formula is C17H13F9O3S3. The molecule has 0 bridgehead atoms. The number of thioether (sulfide) groups is 1. The van der Waals surface area contributed by atoms with Gasteiger partial charge in [0.2, 0.25) is 0 Å². The highest BCUT2D eigenvalue weighted by Gasteiger charge is 2.55. The van der Waals surface area contributed by atoms with E-state index < -0.39 is 37.5 Å². The Morgan fingerprint density at radius 1 is 0.844 bits per heavy atom. The number of halogens is 9. The topological polar surface area (TPSA) is 57.2 Å². The van der Waals surface area contributed by atoms with Crippen LogP contribution in [-0.2, 0) is 21.0 Å². The van der Waals surface area contributed by atoms with Gasteiger partial charge in [-0.25, -0.2) is 8.42 Å². The molecule has 1 atom stereocenters. The van der Waals surface area contributed by atoms with E-state index in [-0.39, 0.29) is 32.0 Å². The van der Waals surface area contributed by atoms with Gasteiger partial charge in [0.15, 0.2) is 30.8 Å². The van der Waals surface area contributed by atoms with E-state index in [1.165, 1.54) is 25.1 Å². The summed E-state index contributed by atoms with van der Waals surface area (Å²) < 4.78 is 137. The maximum Gasteiger partial charge on any atom is 0.586 e. The third-order valence-corrected chi connectivity index (χ3v) is 7.00. The number of rotatable bonds is 3. The molecule has 0 heterocycles. The van der Waals surface area contributed by atoms with Crippen LogP contribution < -0.4 is 0 Å². The van der Waals surface area contributed by atoms with E-state index in [4.69, 9.17) is 13.0 Å². The molecule has 0 saturated carbocycles. The fraction of sp³-hybridized carbons (Fsp3) is 0.294. The molecule has 0 spiro atoms. The van der Waals surface area contributed by atoms with Gasteiger partial charge in [0.05, 0.1) is 0 Å². The van der Waals surface area contributed by atoms with Gasteiger partial charge in [-0.2, -0.15) is 26.3 Å². The molecule has 0 fully saturated rings. The SMILES string of the molecule is Cc1cc([S+](c2ccccc2C)C(F)(F)F)ccc1SC(F)(F)F.O=S(=O)([O-])C(F)(F)F. The maximum absolute atomic E-state index is 13.6. The number of hydrogen-bond donors (Lipinski definition) is 0. The molecular weight excluding hydrogens is 519 g/mol. The number of hydrogen-bond acceptors (Lipinski definition) is 4. The summed E-state index contributed by atoms with van der Waals surface area (Å²) in [6.07, 6.45) is 0. The normalized spacial score (nSPS) is 13.9. The van der Waals surface area contributed by atoms with Gasteiger partial charge in [0, 0.05) is 10.5 Å². The highest BCUT2D eigenvalue weighted by atomic mass is 32.2. The standard InChI is InChI=1S/C16H13F6S2.CHF3O3S/c1-10-5-3-4-6-14(10)24(16(20,21)22)12-7-8-13(11(2)9-12)23-15(17,18)19;2-1(3,4)8(5,6)7/h3-9H,1-2H3;(H,5,6,7)/q+1;/p-1. The van der Waals surface area contributed by atoms with Gasteiger partial charge in [0.1, 0.15) is 0 Å². The number of aryl methyl sites for hydroxylation is 2. The predicted molar refractivity (Wildman–Crippen MR) is 100.0 cm³/mol. The first-order valence-electron chi connectivity index (χ1n) is 7.99. The molecule has 0 amide bonds. The molecule has 0 radical (unpaired) electrons. The van der Waals surface area contributed by atoms with Crippen LogP contribution in [0.2, 0.25) is 0 Å². The number of alkyl halides is 9. The van der Waals surface area contributed by atoms with E-state index in [1.54, 1.807) is 19.1 Å². The zero-order chi connectivity index (χ0) is 25.1. The summed E-state index contributed by atoms with van der Waals surface area (Å²) >= 11 is -0.324. The lowest BCUT2D eigenvalue weighted by molar-refractivity contribution is -0.0518. The molecule has 32 heavy (non-hydrogen) atoms. The van der Waals surface area contributed by atoms with Crippen LogP contribution in [0.15, 0.2) is 57.2 Å². The quantitative estimate of drug-likeness (QED) is 0.148. The predicted octanol–water partition coefficient (Wildman–Crippen LogP) is 6.52. The summed E-state index contributed by atoms with van der Waals surface area (Å²) in [5.74, 6) is 0. The van der Waals surface area contributed by atoms with Crippen LogP contribution in [0.1, 0.15) is 11.1 Å². The Kier molecular flexibility index (Phi) is 9.01. The first-order chi connectivity index (χ1) is 14.2. The largest absolute Gasteiger partial charge is 0.741 e. The molecule has 0 aliphatic carbocycles. The lowest BCUT2D eigenvalue weighted by Gasteiger charge is -2.14. The van der Waals surface area contributed by atoms with Crippen molar-refractivity contribution in [3.63, 3.8) is 0 Å². The molecule has 0 aliphatic heterocycles. The lowest BCUT2D eigenvalue weighted by atomic mass is 10.2. The van der Waals surface area contributed by atoms with Crippen molar-refractivity contribution in [2.75, 3.05) is 0 Å². The van der Waals surface area contributed by atoms with Gasteiger partial charge < -0.3 is 4.55 Å². The molecule has 0 saturated heterocycles. The van der Waals surface area contributed by atoms with Gasteiger partial charge >= 0.3 is 16.5 Å². The molecule has 15 heteroatoms. The van der Waals surface area contributed by atoms with Crippen molar-refractivity contribution in [1.82, 2.24) is 0 Å². The Morgan fingerprint density at radius 3 is 1.72 bits per heavy atom. The molecule has 2 aromatic carbocycles. The van der Waals surface area contributed by atoms with E-state index in [1.807, 2.05) is 0 Å².